The molecule has 0 bridgehead atoms. The Hall–Kier alpha value is -1.39. The Kier molecular flexibility index (Phi) is 1.95. The molecule has 2 saturated carbocycles. The van der Waals surface area contributed by atoms with Crippen molar-refractivity contribution in [2.24, 2.45) is 10.8 Å². The Morgan fingerprint density at radius 1 is 1.18 bits per heavy atom. The Labute approximate surface area is 99.5 Å². The van der Waals surface area contributed by atoms with Crippen molar-refractivity contribution in [3.8, 4) is 0 Å². The fourth-order valence-electron chi connectivity index (χ4n) is 2.60. The Bertz CT molecular complexity index is 421. The zero-order chi connectivity index (χ0) is 12.3. The summed E-state index contributed by atoms with van der Waals surface area (Å²) in [6.07, 6.45) is 4.14. The van der Waals surface area contributed by atoms with Crippen molar-refractivity contribution in [1.29, 1.82) is 0 Å². The van der Waals surface area contributed by atoms with E-state index in [0.717, 1.165) is 19.3 Å². The maximum atomic E-state index is 12.3. The highest BCUT2D eigenvalue weighted by molar-refractivity contribution is 6.19. The van der Waals surface area contributed by atoms with Crippen LogP contribution in [0.2, 0.25) is 0 Å². The summed E-state index contributed by atoms with van der Waals surface area (Å²) in [6, 6.07) is -0.536. The van der Waals surface area contributed by atoms with Crippen LogP contribution < -0.4 is 5.32 Å². The predicted octanol–water partition coefficient (Wildman–Crippen LogP) is 1.04. The van der Waals surface area contributed by atoms with Gasteiger partial charge in [0.15, 0.2) is 0 Å². The van der Waals surface area contributed by atoms with Gasteiger partial charge in [-0.15, -0.1) is 0 Å². The number of hydrogen-bond donors (Lipinski definition) is 1. The monoisotopic (exact) mass is 236 g/mol. The van der Waals surface area contributed by atoms with Gasteiger partial charge in [-0.3, -0.25) is 19.8 Å². The molecular formula is C12H16N2O3. The number of imide groups is 2. The van der Waals surface area contributed by atoms with Crippen LogP contribution in [-0.4, -0.2) is 29.3 Å². The largest absolute Gasteiger partial charge is 0.330 e. The summed E-state index contributed by atoms with van der Waals surface area (Å²) in [5.41, 5.74) is -0.836. The summed E-state index contributed by atoms with van der Waals surface area (Å²) >= 11 is 0. The van der Waals surface area contributed by atoms with Crippen molar-refractivity contribution in [3.63, 3.8) is 0 Å². The highest BCUT2D eigenvalue weighted by Crippen LogP contribution is 2.49. The van der Waals surface area contributed by atoms with E-state index in [9.17, 15) is 14.4 Å². The molecule has 3 aliphatic rings. The quantitative estimate of drug-likeness (QED) is 0.728. The molecule has 3 rings (SSSR count). The molecule has 4 amide bonds. The van der Waals surface area contributed by atoms with Crippen LogP contribution in [0.5, 0.6) is 0 Å². The molecule has 1 saturated heterocycles. The first kappa shape index (κ1) is 10.7. The fraction of sp³-hybridized carbons (Fsp3) is 0.750. The number of rotatable bonds is 2. The molecule has 2 aliphatic carbocycles. The van der Waals surface area contributed by atoms with E-state index in [4.69, 9.17) is 0 Å². The second-order valence-corrected chi connectivity index (χ2v) is 5.90. The van der Waals surface area contributed by atoms with Gasteiger partial charge in [-0.05, 0) is 31.1 Å². The van der Waals surface area contributed by atoms with Crippen LogP contribution in [0.4, 0.5) is 4.79 Å². The lowest BCUT2D eigenvalue weighted by molar-refractivity contribution is -0.158. The smallest absolute Gasteiger partial charge is 0.277 e. The Balaban J connectivity index is 1.85. The molecule has 0 aromatic rings. The van der Waals surface area contributed by atoms with Crippen molar-refractivity contribution in [1.82, 2.24) is 10.2 Å². The minimum atomic E-state index is -0.918. The summed E-state index contributed by atoms with van der Waals surface area (Å²) in [6.45, 7) is 2.52. The summed E-state index contributed by atoms with van der Waals surface area (Å²) in [5, 5.41) is 2.33. The highest BCUT2D eigenvalue weighted by Gasteiger charge is 2.58. The van der Waals surface area contributed by atoms with Crippen LogP contribution in [0.15, 0.2) is 0 Å². The van der Waals surface area contributed by atoms with Crippen molar-refractivity contribution in [3.05, 3.63) is 0 Å². The van der Waals surface area contributed by atoms with Crippen molar-refractivity contribution in [2.75, 3.05) is 6.54 Å². The number of urea groups is 1. The third-order valence-electron chi connectivity index (χ3n) is 4.41. The fourth-order valence-corrected chi connectivity index (χ4v) is 2.60. The van der Waals surface area contributed by atoms with E-state index in [0.29, 0.717) is 19.4 Å². The highest BCUT2D eigenvalue weighted by atomic mass is 16.2. The number of barbiturate groups is 1. The van der Waals surface area contributed by atoms with Crippen LogP contribution in [0, 0.1) is 10.8 Å². The molecule has 3 fully saturated rings. The van der Waals surface area contributed by atoms with E-state index in [-0.39, 0.29) is 11.3 Å². The molecule has 92 valence electrons. The number of nitrogens with one attached hydrogen (secondary N) is 1. The molecule has 5 heteroatoms. The molecule has 17 heavy (non-hydrogen) atoms. The number of nitrogens with zero attached hydrogens (tertiary/aromatic N) is 1. The first-order valence-corrected chi connectivity index (χ1v) is 6.14. The topological polar surface area (TPSA) is 66.5 Å². The lowest BCUT2D eigenvalue weighted by atomic mass is 9.66. The second kappa shape index (κ2) is 3.09. The van der Waals surface area contributed by atoms with Crippen LogP contribution in [0.1, 0.15) is 39.0 Å². The standard InChI is InChI=1S/C12H16N2O3/c1-11(5-6-11)7-14-9(16)12(3-2-4-12)8(15)13-10(14)17/h2-7H2,1H3,(H,13,15,17). The summed E-state index contributed by atoms with van der Waals surface area (Å²) < 4.78 is 0. The van der Waals surface area contributed by atoms with E-state index in [2.05, 4.69) is 12.2 Å². The lowest BCUT2D eigenvalue weighted by Gasteiger charge is -2.45. The maximum Gasteiger partial charge on any atom is 0.330 e. The van der Waals surface area contributed by atoms with Gasteiger partial charge in [0.1, 0.15) is 5.41 Å². The van der Waals surface area contributed by atoms with E-state index in [1.807, 2.05) is 0 Å². The van der Waals surface area contributed by atoms with Crippen molar-refractivity contribution < 1.29 is 14.4 Å². The van der Waals surface area contributed by atoms with E-state index >= 15 is 0 Å². The van der Waals surface area contributed by atoms with Crippen molar-refractivity contribution in [2.45, 2.75) is 39.0 Å². The number of carbonyl (C=O) groups is 3. The van der Waals surface area contributed by atoms with E-state index in [1.54, 1.807) is 0 Å². The average Bonchev–Trinajstić information content (AvgIpc) is 2.89. The van der Waals surface area contributed by atoms with Crippen LogP contribution >= 0.6 is 0 Å². The van der Waals surface area contributed by atoms with Gasteiger partial charge in [0, 0.05) is 6.54 Å². The SMILES string of the molecule is CC1(CN2C(=O)NC(=O)C3(CCC3)C2=O)CC1. The minimum Gasteiger partial charge on any atom is -0.277 e. The van der Waals surface area contributed by atoms with Gasteiger partial charge in [-0.1, -0.05) is 13.3 Å². The van der Waals surface area contributed by atoms with Gasteiger partial charge in [0.05, 0.1) is 0 Å². The van der Waals surface area contributed by atoms with Crippen LogP contribution in [-0.2, 0) is 9.59 Å². The third kappa shape index (κ3) is 1.41. The van der Waals surface area contributed by atoms with Crippen molar-refractivity contribution >= 4 is 17.8 Å². The Morgan fingerprint density at radius 2 is 1.82 bits per heavy atom. The number of amides is 4. The molecular weight excluding hydrogens is 220 g/mol. The minimum absolute atomic E-state index is 0.0817. The van der Waals surface area contributed by atoms with Crippen LogP contribution in [0.25, 0.3) is 0 Å². The lowest BCUT2D eigenvalue weighted by Crippen LogP contribution is -2.66. The molecule has 0 aromatic heterocycles. The second-order valence-electron chi connectivity index (χ2n) is 5.90. The maximum absolute atomic E-state index is 12.3. The molecule has 1 N–H and O–H groups in total. The first-order chi connectivity index (χ1) is 7.97. The first-order valence-electron chi connectivity index (χ1n) is 6.14. The van der Waals surface area contributed by atoms with Gasteiger partial charge in [-0.2, -0.15) is 0 Å². The molecule has 1 spiro atoms. The summed E-state index contributed by atoms with van der Waals surface area (Å²) in [5.74, 6) is -0.665. The average molecular weight is 236 g/mol. The van der Waals surface area contributed by atoms with Gasteiger partial charge in [0.2, 0.25) is 11.8 Å². The van der Waals surface area contributed by atoms with Crippen LogP contribution in [0.3, 0.4) is 0 Å². The third-order valence-corrected chi connectivity index (χ3v) is 4.41. The molecule has 0 aromatic carbocycles. The van der Waals surface area contributed by atoms with E-state index in [1.165, 1.54) is 4.90 Å². The molecule has 1 aliphatic heterocycles. The molecule has 0 atom stereocenters. The summed E-state index contributed by atoms with van der Waals surface area (Å²) in [7, 11) is 0. The molecule has 5 nitrogen and oxygen atoms in total. The van der Waals surface area contributed by atoms with Gasteiger partial charge >= 0.3 is 6.03 Å². The van der Waals surface area contributed by atoms with Gasteiger partial charge in [-0.25, -0.2) is 4.79 Å². The zero-order valence-electron chi connectivity index (χ0n) is 9.91. The molecule has 1 heterocycles. The molecule has 0 radical (unpaired) electrons. The summed E-state index contributed by atoms with van der Waals surface area (Å²) in [4.78, 5) is 37.0. The number of carbonyl (C=O) groups excluding carboxylic acids is 3. The van der Waals surface area contributed by atoms with Gasteiger partial charge in [0.25, 0.3) is 0 Å². The zero-order valence-corrected chi connectivity index (χ0v) is 9.91. The van der Waals surface area contributed by atoms with E-state index < -0.39 is 17.4 Å². The number of hydrogen-bond acceptors (Lipinski definition) is 3. The predicted molar refractivity (Wildman–Crippen MR) is 58.9 cm³/mol. The Morgan fingerprint density at radius 3 is 2.29 bits per heavy atom. The normalized spacial score (nSPS) is 29.0. The van der Waals surface area contributed by atoms with Gasteiger partial charge < -0.3 is 0 Å². The molecule has 0 unspecified atom stereocenters.